The van der Waals surface area contributed by atoms with Crippen LogP contribution in [0.15, 0.2) is 18.2 Å². The maximum Gasteiger partial charge on any atom is 0.259 e. The summed E-state index contributed by atoms with van der Waals surface area (Å²) in [7, 11) is 3.05. The maximum atomic E-state index is 12.3. The molecule has 0 saturated heterocycles. The predicted molar refractivity (Wildman–Crippen MR) is 76.7 cm³/mol. The molecule has 1 aliphatic rings. The van der Waals surface area contributed by atoms with Crippen LogP contribution in [0.1, 0.15) is 23.7 Å². The number of benzene rings is 1. The van der Waals surface area contributed by atoms with Crippen molar-refractivity contribution in [1.29, 1.82) is 0 Å². The van der Waals surface area contributed by atoms with Gasteiger partial charge in [-0.05, 0) is 25.5 Å². The van der Waals surface area contributed by atoms with Crippen LogP contribution in [0, 0.1) is 0 Å². The lowest BCUT2D eigenvalue weighted by Gasteiger charge is -2.43. The zero-order valence-electron chi connectivity index (χ0n) is 12.5. The van der Waals surface area contributed by atoms with Gasteiger partial charge in [0.25, 0.3) is 5.91 Å². The van der Waals surface area contributed by atoms with Gasteiger partial charge in [-0.25, -0.2) is 0 Å². The zero-order chi connectivity index (χ0) is 15.4. The van der Waals surface area contributed by atoms with Crippen LogP contribution in [0.3, 0.4) is 0 Å². The lowest BCUT2D eigenvalue weighted by atomic mass is 9.85. The molecule has 2 N–H and O–H groups in total. The summed E-state index contributed by atoms with van der Waals surface area (Å²) in [6, 6.07) is 4.57. The topological polar surface area (TPSA) is 77.0 Å². The number of phenolic OH excluding ortho intramolecular Hbond substituents is 1. The van der Waals surface area contributed by atoms with Crippen molar-refractivity contribution >= 4 is 5.91 Å². The molecule has 2 rings (SSSR count). The van der Waals surface area contributed by atoms with E-state index >= 15 is 0 Å². The Kier molecular flexibility index (Phi) is 5.03. The van der Waals surface area contributed by atoms with Gasteiger partial charge in [-0.3, -0.25) is 4.79 Å². The first-order valence-electron chi connectivity index (χ1n) is 6.93. The van der Waals surface area contributed by atoms with Crippen molar-refractivity contribution < 1.29 is 24.1 Å². The highest BCUT2D eigenvalue weighted by Gasteiger charge is 2.43. The van der Waals surface area contributed by atoms with E-state index in [9.17, 15) is 9.90 Å². The fraction of sp³-hybridized carbons (Fsp3) is 0.533. The summed E-state index contributed by atoms with van der Waals surface area (Å²) in [6.45, 7) is 2.53. The van der Waals surface area contributed by atoms with E-state index in [0.29, 0.717) is 18.8 Å². The number of hydrogen-bond donors (Lipinski definition) is 2. The van der Waals surface area contributed by atoms with Gasteiger partial charge in [0.1, 0.15) is 23.2 Å². The van der Waals surface area contributed by atoms with Crippen LogP contribution in [-0.4, -0.2) is 50.1 Å². The first-order chi connectivity index (χ1) is 10.1. The minimum atomic E-state index is -0.382. The standard InChI is InChI=1S/C15H21NO5/c1-4-21-12-8-9(14(12)20-3)16-15(18)13-10(17)6-5-7-11(13)19-2/h5-7,9,12,14,17H,4,8H2,1-3H3,(H,16,18). The van der Waals surface area contributed by atoms with Gasteiger partial charge in [0.2, 0.25) is 0 Å². The normalized spacial score (nSPS) is 24.2. The van der Waals surface area contributed by atoms with Gasteiger partial charge in [0.15, 0.2) is 0 Å². The van der Waals surface area contributed by atoms with E-state index in [2.05, 4.69) is 5.32 Å². The summed E-state index contributed by atoms with van der Waals surface area (Å²) < 4.78 is 16.0. The Morgan fingerprint density at radius 1 is 1.43 bits per heavy atom. The number of methoxy groups -OCH3 is 2. The third-order valence-electron chi connectivity index (χ3n) is 3.67. The number of aromatic hydroxyl groups is 1. The lowest BCUT2D eigenvalue weighted by Crippen LogP contribution is -2.61. The molecule has 1 aliphatic carbocycles. The van der Waals surface area contributed by atoms with Crippen LogP contribution < -0.4 is 10.1 Å². The zero-order valence-corrected chi connectivity index (χ0v) is 12.5. The number of amides is 1. The quantitative estimate of drug-likeness (QED) is 0.828. The van der Waals surface area contributed by atoms with Crippen LogP contribution in [0.5, 0.6) is 11.5 Å². The molecule has 6 heteroatoms. The number of carbonyl (C=O) groups is 1. The van der Waals surface area contributed by atoms with Gasteiger partial charge in [-0.2, -0.15) is 0 Å². The first-order valence-corrected chi connectivity index (χ1v) is 6.93. The van der Waals surface area contributed by atoms with Crippen molar-refractivity contribution in [3.63, 3.8) is 0 Å². The Labute approximate surface area is 124 Å². The molecule has 1 amide bonds. The van der Waals surface area contributed by atoms with E-state index in [0.717, 1.165) is 0 Å². The van der Waals surface area contributed by atoms with Crippen molar-refractivity contribution in [2.45, 2.75) is 31.6 Å². The van der Waals surface area contributed by atoms with Gasteiger partial charge >= 0.3 is 0 Å². The van der Waals surface area contributed by atoms with E-state index in [1.807, 2.05) is 6.92 Å². The number of rotatable bonds is 6. The molecule has 1 aromatic rings. The molecule has 116 valence electrons. The maximum absolute atomic E-state index is 12.3. The lowest BCUT2D eigenvalue weighted by molar-refractivity contribution is -0.128. The Bertz CT molecular complexity index is 505. The van der Waals surface area contributed by atoms with E-state index in [1.54, 1.807) is 19.2 Å². The number of nitrogens with one attached hydrogen (secondary N) is 1. The van der Waals surface area contributed by atoms with Crippen LogP contribution in [-0.2, 0) is 9.47 Å². The number of hydrogen-bond acceptors (Lipinski definition) is 5. The third-order valence-corrected chi connectivity index (χ3v) is 3.67. The Morgan fingerprint density at radius 3 is 2.81 bits per heavy atom. The largest absolute Gasteiger partial charge is 0.507 e. The molecule has 0 aliphatic heterocycles. The first kappa shape index (κ1) is 15.6. The average molecular weight is 295 g/mol. The van der Waals surface area contributed by atoms with Gasteiger partial charge in [-0.15, -0.1) is 0 Å². The minimum absolute atomic E-state index is 0.00318. The Balaban J connectivity index is 2.06. The van der Waals surface area contributed by atoms with E-state index in [1.165, 1.54) is 13.2 Å². The average Bonchev–Trinajstić information content (AvgIpc) is 2.45. The fourth-order valence-electron chi connectivity index (χ4n) is 2.57. The SMILES string of the molecule is CCOC1CC(NC(=O)c2c(O)cccc2OC)C1OC. The smallest absolute Gasteiger partial charge is 0.259 e. The molecule has 0 aromatic heterocycles. The molecule has 0 heterocycles. The summed E-state index contributed by atoms with van der Waals surface area (Å²) in [5.74, 6) is -0.157. The molecule has 0 spiro atoms. The second-order valence-corrected chi connectivity index (χ2v) is 4.86. The summed E-state index contributed by atoms with van der Waals surface area (Å²) in [5, 5.41) is 12.7. The summed E-state index contributed by atoms with van der Waals surface area (Å²) in [6.07, 6.45) is 0.510. The van der Waals surface area contributed by atoms with Crippen molar-refractivity contribution in [3.8, 4) is 11.5 Å². The summed E-state index contributed by atoms with van der Waals surface area (Å²) >= 11 is 0. The number of phenols is 1. The van der Waals surface area contributed by atoms with Crippen LogP contribution in [0.25, 0.3) is 0 Å². The van der Waals surface area contributed by atoms with Gasteiger partial charge in [-0.1, -0.05) is 6.07 Å². The molecule has 0 radical (unpaired) electrons. The number of ether oxygens (including phenoxy) is 3. The highest BCUT2D eigenvalue weighted by atomic mass is 16.5. The molecular weight excluding hydrogens is 274 g/mol. The highest BCUT2D eigenvalue weighted by Crippen LogP contribution is 2.30. The minimum Gasteiger partial charge on any atom is -0.507 e. The van der Waals surface area contributed by atoms with E-state index in [4.69, 9.17) is 14.2 Å². The van der Waals surface area contributed by atoms with Crippen molar-refractivity contribution in [1.82, 2.24) is 5.32 Å². The fourth-order valence-corrected chi connectivity index (χ4v) is 2.57. The summed E-state index contributed by atoms with van der Waals surface area (Å²) in [4.78, 5) is 12.3. The molecule has 3 atom stereocenters. The van der Waals surface area contributed by atoms with Gasteiger partial charge in [0.05, 0.1) is 19.3 Å². The van der Waals surface area contributed by atoms with Gasteiger partial charge in [0, 0.05) is 13.7 Å². The molecule has 0 bridgehead atoms. The molecule has 6 nitrogen and oxygen atoms in total. The second-order valence-electron chi connectivity index (χ2n) is 4.86. The Morgan fingerprint density at radius 2 is 2.19 bits per heavy atom. The Hall–Kier alpha value is -1.79. The molecule has 1 fully saturated rings. The van der Waals surface area contributed by atoms with Crippen molar-refractivity contribution in [3.05, 3.63) is 23.8 Å². The van der Waals surface area contributed by atoms with E-state index in [-0.39, 0.29) is 35.5 Å². The van der Waals surface area contributed by atoms with Crippen LogP contribution in [0.4, 0.5) is 0 Å². The monoisotopic (exact) mass is 295 g/mol. The molecule has 1 aromatic carbocycles. The van der Waals surface area contributed by atoms with Crippen LogP contribution >= 0.6 is 0 Å². The van der Waals surface area contributed by atoms with Crippen LogP contribution in [0.2, 0.25) is 0 Å². The summed E-state index contributed by atoms with van der Waals surface area (Å²) in [5.41, 5.74) is 0.134. The highest BCUT2D eigenvalue weighted by molar-refractivity contribution is 5.99. The van der Waals surface area contributed by atoms with E-state index < -0.39 is 0 Å². The van der Waals surface area contributed by atoms with Crippen molar-refractivity contribution in [2.75, 3.05) is 20.8 Å². The molecular formula is C15H21NO5. The third kappa shape index (κ3) is 3.11. The second kappa shape index (κ2) is 6.78. The molecule has 3 unspecified atom stereocenters. The number of carbonyl (C=O) groups excluding carboxylic acids is 1. The van der Waals surface area contributed by atoms with Crippen molar-refractivity contribution in [2.24, 2.45) is 0 Å². The molecule has 1 saturated carbocycles. The van der Waals surface area contributed by atoms with Gasteiger partial charge < -0.3 is 24.6 Å². The predicted octanol–water partition coefficient (Wildman–Crippen LogP) is 1.32. The molecule has 21 heavy (non-hydrogen) atoms.